The molecule has 1 aromatic heterocycles. The molecule has 0 aliphatic heterocycles. The van der Waals surface area contributed by atoms with Gasteiger partial charge in [0.15, 0.2) is 0 Å². The summed E-state index contributed by atoms with van der Waals surface area (Å²) in [5.74, 6) is 1.76. The lowest BCUT2D eigenvalue weighted by molar-refractivity contribution is 0.389. The van der Waals surface area contributed by atoms with E-state index in [0.717, 1.165) is 18.0 Å². The van der Waals surface area contributed by atoms with Gasteiger partial charge in [0.25, 0.3) is 0 Å². The Hall–Kier alpha value is -3.04. The molecule has 0 atom stereocenters. The molecular weight excluding hydrogens is 332 g/mol. The largest absolute Gasteiger partial charge is 0.457 e. The van der Waals surface area contributed by atoms with Gasteiger partial charge in [-0.3, -0.25) is 0 Å². The van der Waals surface area contributed by atoms with Crippen molar-refractivity contribution in [2.24, 2.45) is 7.05 Å². The van der Waals surface area contributed by atoms with Crippen molar-refractivity contribution >= 4 is 10.8 Å². The van der Waals surface area contributed by atoms with Crippen molar-refractivity contribution in [3.63, 3.8) is 0 Å². The van der Waals surface area contributed by atoms with Gasteiger partial charge in [-0.15, -0.1) is 0 Å². The monoisotopic (exact) mass is 356 g/mol. The van der Waals surface area contributed by atoms with Gasteiger partial charge in [-0.25, -0.2) is 0 Å². The number of fused-ring (bicyclic) bond motifs is 1. The van der Waals surface area contributed by atoms with Crippen molar-refractivity contribution < 1.29 is 4.74 Å². The van der Waals surface area contributed by atoms with Crippen molar-refractivity contribution in [1.29, 1.82) is 0 Å². The van der Waals surface area contributed by atoms with Crippen LogP contribution in [0.4, 0.5) is 0 Å². The van der Waals surface area contributed by atoms with Gasteiger partial charge < -0.3 is 14.2 Å². The highest BCUT2D eigenvalue weighted by atomic mass is 16.5. The van der Waals surface area contributed by atoms with Crippen LogP contribution >= 0.6 is 0 Å². The van der Waals surface area contributed by atoms with Crippen LogP contribution in [-0.2, 0) is 13.6 Å². The molecule has 3 aromatic carbocycles. The number of ether oxygens (including phenoxy) is 1. The lowest BCUT2D eigenvalue weighted by atomic mass is 10.0. The number of benzene rings is 3. The smallest absolute Gasteiger partial charge is 0.131 e. The number of hydrogen-bond acceptors (Lipinski definition) is 2. The molecule has 0 fully saturated rings. The van der Waals surface area contributed by atoms with Crippen LogP contribution in [0.5, 0.6) is 11.5 Å². The highest BCUT2D eigenvalue weighted by molar-refractivity contribution is 5.83. The van der Waals surface area contributed by atoms with Gasteiger partial charge in [-0.2, -0.15) is 0 Å². The predicted molar refractivity (Wildman–Crippen MR) is 112 cm³/mol. The third-order valence-corrected chi connectivity index (χ3v) is 4.66. The topological polar surface area (TPSA) is 17.4 Å². The first kappa shape index (κ1) is 17.4. The summed E-state index contributed by atoms with van der Waals surface area (Å²) >= 11 is 0. The van der Waals surface area contributed by atoms with Gasteiger partial charge in [0, 0.05) is 31.5 Å². The summed E-state index contributed by atoms with van der Waals surface area (Å²) < 4.78 is 8.35. The zero-order chi connectivity index (χ0) is 18.8. The average molecular weight is 356 g/mol. The molecule has 1 heterocycles. The molecule has 4 rings (SSSR count). The Balaban J connectivity index is 1.69. The van der Waals surface area contributed by atoms with Crippen LogP contribution in [0.2, 0.25) is 0 Å². The van der Waals surface area contributed by atoms with Crippen molar-refractivity contribution in [1.82, 2.24) is 9.47 Å². The number of nitrogens with zero attached hydrogens (tertiary/aromatic N) is 2. The van der Waals surface area contributed by atoms with Crippen LogP contribution in [0.25, 0.3) is 21.9 Å². The normalized spacial score (nSPS) is 11.3. The quantitative estimate of drug-likeness (QED) is 0.456. The number of rotatable bonds is 5. The summed E-state index contributed by atoms with van der Waals surface area (Å²) in [5.41, 5.74) is 3.60. The van der Waals surface area contributed by atoms with Crippen LogP contribution in [0.1, 0.15) is 5.56 Å². The Morgan fingerprint density at radius 2 is 1.67 bits per heavy atom. The Morgan fingerprint density at radius 3 is 2.41 bits per heavy atom. The molecule has 0 bridgehead atoms. The first-order chi connectivity index (χ1) is 13.1. The molecule has 0 spiro atoms. The first-order valence-corrected chi connectivity index (χ1v) is 9.15. The molecular formula is C24H24N2O. The van der Waals surface area contributed by atoms with E-state index in [-0.39, 0.29) is 0 Å². The summed E-state index contributed by atoms with van der Waals surface area (Å²) in [4.78, 5) is 2.16. The van der Waals surface area contributed by atoms with E-state index in [2.05, 4.69) is 96.6 Å². The molecule has 0 radical (unpaired) electrons. The maximum absolute atomic E-state index is 6.28. The molecule has 0 unspecified atom stereocenters. The molecule has 0 aliphatic carbocycles. The fourth-order valence-corrected chi connectivity index (χ4v) is 3.35. The minimum absolute atomic E-state index is 0.823. The molecule has 3 heteroatoms. The molecule has 0 amide bonds. The van der Waals surface area contributed by atoms with Crippen LogP contribution in [0.3, 0.4) is 0 Å². The van der Waals surface area contributed by atoms with E-state index < -0.39 is 0 Å². The van der Waals surface area contributed by atoms with E-state index in [1.54, 1.807) is 0 Å². The lowest BCUT2D eigenvalue weighted by Gasteiger charge is -2.16. The summed E-state index contributed by atoms with van der Waals surface area (Å²) in [6, 6.07) is 23.2. The van der Waals surface area contributed by atoms with E-state index in [4.69, 9.17) is 4.74 Å². The van der Waals surface area contributed by atoms with Crippen molar-refractivity contribution in [3.8, 4) is 22.6 Å². The first-order valence-electron chi connectivity index (χ1n) is 9.15. The summed E-state index contributed by atoms with van der Waals surface area (Å²) in [6.07, 6.45) is 4.21. The molecule has 0 aliphatic rings. The molecule has 27 heavy (non-hydrogen) atoms. The van der Waals surface area contributed by atoms with Crippen LogP contribution in [0, 0.1) is 0 Å². The van der Waals surface area contributed by atoms with Crippen molar-refractivity contribution in [2.75, 3.05) is 14.1 Å². The number of hydrogen-bond donors (Lipinski definition) is 0. The molecule has 0 saturated heterocycles. The minimum atomic E-state index is 0.823. The maximum atomic E-state index is 6.28. The third-order valence-electron chi connectivity index (χ3n) is 4.66. The molecule has 0 saturated carbocycles. The molecule has 136 valence electrons. The van der Waals surface area contributed by atoms with Gasteiger partial charge in [-0.05, 0) is 66.3 Å². The molecule has 3 nitrogen and oxygen atoms in total. The Labute approximate surface area is 160 Å². The van der Waals surface area contributed by atoms with E-state index >= 15 is 0 Å². The van der Waals surface area contributed by atoms with E-state index in [9.17, 15) is 0 Å². The van der Waals surface area contributed by atoms with Gasteiger partial charge >= 0.3 is 0 Å². The summed E-state index contributed by atoms with van der Waals surface area (Å²) in [5, 5.41) is 2.41. The molecule has 0 N–H and O–H groups in total. The number of aromatic nitrogens is 1. The van der Waals surface area contributed by atoms with Crippen LogP contribution < -0.4 is 4.74 Å². The van der Waals surface area contributed by atoms with Crippen LogP contribution in [0.15, 0.2) is 79.1 Å². The third kappa shape index (κ3) is 3.88. The average Bonchev–Trinajstić information content (AvgIpc) is 3.09. The van der Waals surface area contributed by atoms with Gasteiger partial charge in [0.1, 0.15) is 11.5 Å². The maximum Gasteiger partial charge on any atom is 0.131 e. The van der Waals surface area contributed by atoms with E-state index in [0.29, 0.717) is 0 Å². The van der Waals surface area contributed by atoms with E-state index in [1.165, 1.54) is 27.5 Å². The molecule has 4 aromatic rings. The zero-order valence-electron chi connectivity index (χ0n) is 16.0. The predicted octanol–water partition coefficient (Wildman–Crippen LogP) is 5.70. The second-order valence-electron chi connectivity index (χ2n) is 7.24. The van der Waals surface area contributed by atoms with Crippen LogP contribution in [-0.4, -0.2) is 23.6 Å². The standard InChI is InChI=1S/C24H24N2O/c1-25(2)16-22-14-20(21-12-13-26(3)17-21)9-11-24(22)27-23-10-8-18-6-4-5-7-19(18)15-23/h4-15,17H,16H2,1-3H3. The Kier molecular flexibility index (Phi) is 4.69. The Bertz CT molecular complexity index is 1080. The Morgan fingerprint density at radius 1 is 0.852 bits per heavy atom. The van der Waals surface area contributed by atoms with Gasteiger partial charge in [0.2, 0.25) is 0 Å². The second kappa shape index (κ2) is 7.29. The summed E-state index contributed by atoms with van der Waals surface area (Å²) in [6.45, 7) is 0.823. The number of aryl methyl sites for hydroxylation is 1. The lowest BCUT2D eigenvalue weighted by Crippen LogP contribution is -2.11. The van der Waals surface area contributed by atoms with Gasteiger partial charge in [0.05, 0.1) is 0 Å². The van der Waals surface area contributed by atoms with Crippen molar-refractivity contribution in [3.05, 3.63) is 84.7 Å². The highest BCUT2D eigenvalue weighted by Crippen LogP contribution is 2.32. The van der Waals surface area contributed by atoms with Gasteiger partial charge in [-0.1, -0.05) is 36.4 Å². The highest BCUT2D eigenvalue weighted by Gasteiger charge is 2.10. The van der Waals surface area contributed by atoms with E-state index in [1.807, 2.05) is 13.1 Å². The minimum Gasteiger partial charge on any atom is -0.457 e. The zero-order valence-corrected chi connectivity index (χ0v) is 16.0. The summed E-state index contributed by atoms with van der Waals surface area (Å²) in [7, 11) is 6.20. The SMILES string of the molecule is CN(C)Cc1cc(-c2ccn(C)c2)ccc1Oc1ccc2ccccc2c1. The fourth-order valence-electron chi connectivity index (χ4n) is 3.35. The fraction of sp³-hybridized carbons (Fsp3) is 0.167. The second-order valence-corrected chi connectivity index (χ2v) is 7.24. The van der Waals surface area contributed by atoms with Crippen molar-refractivity contribution in [2.45, 2.75) is 6.54 Å².